The van der Waals surface area contributed by atoms with Gasteiger partial charge in [0.1, 0.15) is 11.6 Å². The van der Waals surface area contributed by atoms with Gasteiger partial charge in [0.05, 0.1) is 17.8 Å². The summed E-state index contributed by atoms with van der Waals surface area (Å²) in [5.41, 5.74) is 0.473. The van der Waals surface area contributed by atoms with Crippen molar-refractivity contribution in [3.8, 4) is 11.3 Å². The van der Waals surface area contributed by atoms with Crippen molar-refractivity contribution in [2.45, 2.75) is 70.6 Å². The van der Waals surface area contributed by atoms with Crippen LogP contribution in [0.3, 0.4) is 0 Å². The number of hydrogen-bond acceptors (Lipinski definition) is 7. The minimum absolute atomic E-state index is 0.0662. The van der Waals surface area contributed by atoms with Gasteiger partial charge in [0.15, 0.2) is 0 Å². The molecule has 0 radical (unpaired) electrons. The number of likely N-dealkylation sites (tertiary alicyclic amines) is 1. The van der Waals surface area contributed by atoms with Crippen LogP contribution >= 0.6 is 0 Å². The van der Waals surface area contributed by atoms with Crippen LogP contribution < -0.4 is 5.32 Å². The van der Waals surface area contributed by atoms with Crippen LogP contribution in [-0.2, 0) is 22.3 Å². The van der Waals surface area contributed by atoms with Gasteiger partial charge in [0.25, 0.3) is 0 Å². The number of halogens is 3. The average molecular weight is 481 g/mol. The standard InChI is InChI=1S/C22H26F3N5O4/c1-12-17(31)8-16(30(12)20(33)34-21(2,3)4)18(32)27-9-13-5-6-26-15(7-13)14-10-28-19(29-11-14)22(23,24)25/h5-7,10-12,16-17,31H,8-9H2,1-4H3,(H,27,32)/t12-,16-,17-/m0/s1. The molecule has 2 amide bonds. The maximum absolute atomic E-state index is 12.9. The third-order valence-corrected chi connectivity index (χ3v) is 5.20. The van der Waals surface area contributed by atoms with Gasteiger partial charge >= 0.3 is 12.3 Å². The van der Waals surface area contributed by atoms with Gasteiger partial charge in [0.2, 0.25) is 11.7 Å². The van der Waals surface area contributed by atoms with E-state index in [-0.39, 0.29) is 18.5 Å². The zero-order valence-electron chi connectivity index (χ0n) is 19.1. The summed E-state index contributed by atoms with van der Waals surface area (Å²) in [6, 6.07) is 1.71. The van der Waals surface area contributed by atoms with Gasteiger partial charge in [-0.05, 0) is 45.4 Å². The molecule has 0 bridgehead atoms. The molecule has 12 heteroatoms. The van der Waals surface area contributed by atoms with Gasteiger partial charge in [-0.2, -0.15) is 13.2 Å². The van der Waals surface area contributed by atoms with Gasteiger partial charge < -0.3 is 15.2 Å². The minimum Gasteiger partial charge on any atom is -0.444 e. The Kier molecular flexibility index (Phi) is 7.10. The number of pyridine rings is 1. The highest BCUT2D eigenvalue weighted by Gasteiger charge is 2.45. The van der Waals surface area contributed by atoms with Crippen LogP contribution in [0.25, 0.3) is 11.3 Å². The Morgan fingerprint density at radius 2 is 1.85 bits per heavy atom. The Balaban J connectivity index is 1.69. The monoisotopic (exact) mass is 481 g/mol. The van der Waals surface area contributed by atoms with E-state index in [1.54, 1.807) is 39.8 Å². The molecule has 1 fully saturated rings. The lowest BCUT2D eigenvalue weighted by Crippen LogP contribution is -2.50. The number of rotatable bonds is 4. The van der Waals surface area contributed by atoms with Crippen molar-refractivity contribution >= 4 is 12.0 Å². The summed E-state index contributed by atoms with van der Waals surface area (Å²) in [6.07, 6.45) is -2.64. The number of alkyl halides is 3. The van der Waals surface area contributed by atoms with Crippen LogP contribution in [0.1, 0.15) is 45.5 Å². The highest BCUT2D eigenvalue weighted by molar-refractivity contribution is 5.86. The van der Waals surface area contributed by atoms with E-state index in [1.165, 1.54) is 11.1 Å². The van der Waals surface area contributed by atoms with Crippen molar-refractivity contribution in [2.75, 3.05) is 0 Å². The number of aromatic nitrogens is 3. The molecule has 2 aromatic heterocycles. The van der Waals surface area contributed by atoms with E-state index >= 15 is 0 Å². The van der Waals surface area contributed by atoms with Crippen LogP contribution in [0.15, 0.2) is 30.7 Å². The van der Waals surface area contributed by atoms with E-state index in [4.69, 9.17) is 4.74 Å². The summed E-state index contributed by atoms with van der Waals surface area (Å²) >= 11 is 0. The molecule has 0 unspecified atom stereocenters. The highest BCUT2D eigenvalue weighted by atomic mass is 19.4. The number of hydrogen-bond donors (Lipinski definition) is 2. The Labute approximate surface area is 194 Å². The fraction of sp³-hybridized carbons (Fsp3) is 0.500. The lowest BCUT2D eigenvalue weighted by Gasteiger charge is -2.30. The van der Waals surface area contributed by atoms with Crippen LogP contribution in [0, 0.1) is 0 Å². The first-order chi connectivity index (χ1) is 15.8. The number of carbonyl (C=O) groups is 2. The van der Waals surface area contributed by atoms with Crippen LogP contribution in [0.2, 0.25) is 0 Å². The maximum atomic E-state index is 12.9. The predicted molar refractivity (Wildman–Crippen MR) is 114 cm³/mol. The molecule has 0 aliphatic carbocycles. The Bertz CT molecular complexity index is 1040. The molecular weight excluding hydrogens is 455 g/mol. The van der Waals surface area contributed by atoms with E-state index in [2.05, 4.69) is 20.3 Å². The van der Waals surface area contributed by atoms with E-state index in [0.717, 1.165) is 12.4 Å². The van der Waals surface area contributed by atoms with Gasteiger partial charge in [-0.15, -0.1) is 0 Å². The molecular formula is C22H26F3N5O4. The lowest BCUT2D eigenvalue weighted by molar-refractivity contribution is -0.145. The van der Waals surface area contributed by atoms with Crippen LogP contribution in [0.4, 0.5) is 18.0 Å². The molecule has 0 aromatic carbocycles. The second-order valence-electron chi connectivity index (χ2n) is 9.01. The smallest absolute Gasteiger partial charge is 0.444 e. The summed E-state index contributed by atoms with van der Waals surface area (Å²) in [5.74, 6) is -1.72. The van der Waals surface area contributed by atoms with Crippen LogP contribution in [-0.4, -0.2) is 60.7 Å². The van der Waals surface area contributed by atoms with Crippen molar-refractivity contribution in [1.29, 1.82) is 0 Å². The molecule has 3 heterocycles. The van der Waals surface area contributed by atoms with Gasteiger partial charge in [0, 0.05) is 37.1 Å². The lowest BCUT2D eigenvalue weighted by atomic mass is 10.1. The summed E-state index contributed by atoms with van der Waals surface area (Å²) in [5, 5.41) is 13.0. The van der Waals surface area contributed by atoms with E-state index in [0.29, 0.717) is 11.3 Å². The number of nitrogens with one attached hydrogen (secondary N) is 1. The number of ether oxygens (including phenoxy) is 1. The maximum Gasteiger partial charge on any atom is 0.451 e. The molecule has 1 aliphatic heterocycles. The number of carbonyl (C=O) groups excluding carboxylic acids is 2. The van der Waals surface area contributed by atoms with Crippen molar-refractivity contribution < 1.29 is 32.6 Å². The molecule has 0 spiro atoms. The van der Waals surface area contributed by atoms with Crippen molar-refractivity contribution in [3.63, 3.8) is 0 Å². The SMILES string of the molecule is C[C@H]1[C@@H](O)C[C@@H](C(=O)NCc2ccnc(-c3cnc(C(F)(F)F)nc3)c2)N1C(=O)OC(C)(C)C. The molecule has 2 N–H and O–H groups in total. The number of amides is 2. The van der Waals surface area contributed by atoms with Crippen LogP contribution in [0.5, 0.6) is 0 Å². The number of aliphatic hydroxyl groups excluding tert-OH is 1. The first-order valence-electron chi connectivity index (χ1n) is 10.6. The summed E-state index contributed by atoms with van der Waals surface area (Å²) in [4.78, 5) is 37.5. The molecule has 1 aliphatic rings. The topological polar surface area (TPSA) is 118 Å². The number of aliphatic hydroxyl groups is 1. The summed E-state index contributed by atoms with van der Waals surface area (Å²) in [7, 11) is 0. The van der Waals surface area contributed by atoms with E-state index in [1.807, 2.05) is 0 Å². The third-order valence-electron chi connectivity index (χ3n) is 5.20. The quantitative estimate of drug-likeness (QED) is 0.690. The molecule has 3 atom stereocenters. The number of nitrogens with zero attached hydrogens (tertiary/aromatic N) is 4. The first kappa shape index (κ1) is 25.3. The first-order valence-corrected chi connectivity index (χ1v) is 10.6. The zero-order chi connectivity index (χ0) is 25.3. The molecule has 9 nitrogen and oxygen atoms in total. The molecule has 1 saturated heterocycles. The van der Waals surface area contributed by atoms with Crippen molar-refractivity contribution in [2.24, 2.45) is 0 Å². The molecule has 3 rings (SSSR count). The van der Waals surface area contributed by atoms with Crippen molar-refractivity contribution in [1.82, 2.24) is 25.2 Å². The summed E-state index contributed by atoms with van der Waals surface area (Å²) in [6.45, 7) is 6.84. The Morgan fingerprint density at radius 1 is 1.21 bits per heavy atom. The Hall–Kier alpha value is -3.28. The molecule has 184 valence electrons. The van der Waals surface area contributed by atoms with E-state index in [9.17, 15) is 27.9 Å². The predicted octanol–water partition coefficient (Wildman–Crippen LogP) is 2.93. The van der Waals surface area contributed by atoms with Gasteiger partial charge in [-0.1, -0.05) is 0 Å². The normalized spacial score (nSPS) is 20.8. The minimum atomic E-state index is -4.64. The zero-order valence-corrected chi connectivity index (χ0v) is 19.1. The fourth-order valence-corrected chi connectivity index (χ4v) is 3.51. The molecule has 2 aromatic rings. The highest BCUT2D eigenvalue weighted by Crippen LogP contribution is 2.28. The molecule has 34 heavy (non-hydrogen) atoms. The van der Waals surface area contributed by atoms with Crippen molar-refractivity contribution in [3.05, 3.63) is 42.1 Å². The largest absolute Gasteiger partial charge is 0.451 e. The molecule has 0 saturated carbocycles. The van der Waals surface area contributed by atoms with Gasteiger partial charge in [-0.3, -0.25) is 14.7 Å². The second-order valence-corrected chi connectivity index (χ2v) is 9.01. The Morgan fingerprint density at radius 3 is 2.44 bits per heavy atom. The van der Waals surface area contributed by atoms with Gasteiger partial charge in [-0.25, -0.2) is 14.8 Å². The fourth-order valence-electron chi connectivity index (χ4n) is 3.51. The van der Waals surface area contributed by atoms with E-state index < -0.39 is 47.8 Å². The summed E-state index contributed by atoms with van der Waals surface area (Å²) < 4.78 is 43.4. The average Bonchev–Trinajstić information content (AvgIpc) is 3.05. The second kappa shape index (κ2) is 9.53. The third kappa shape index (κ3) is 5.99.